The number of nitrogens with one attached hydrogen (secondary N) is 1. The summed E-state index contributed by atoms with van der Waals surface area (Å²) in [5.74, 6) is -1.92. The van der Waals surface area contributed by atoms with Crippen molar-refractivity contribution >= 4 is 5.91 Å². The zero-order valence-electron chi connectivity index (χ0n) is 13.8. The normalized spacial score (nSPS) is 12.2. The Kier molecular flexibility index (Phi) is 4.65. The van der Waals surface area contributed by atoms with Crippen LogP contribution in [-0.4, -0.2) is 22.2 Å². The minimum absolute atomic E-state index is 0.0467. The molecular formula is C18H17F2N3O2. The van der Waals surface area contributed by atoms with Gasteiger partial charge in [0.15, 0.2) is 11.6 Å². The summed E-state index contributed by atoms with van der Waals surface area (Å²) in [6.07, 6.45) is 1.55. The van der Waals surface area contributed by atoms with Crippen molar-refractivity contribution in [3.63, 3.8) is 0 Å². The van der Waals surface area contributed by atoms with Crippen LogP contribution < -0.4 is 5.32 Å². The van der Waals surface area contributed by atoms with Crippen LogP contribution in [0.4, 0.5) is 8.78 Å². The van der Waals surface area contributed by atoms with Crippen LogP contribution in [0.1, 0.15) is 33.5 Å². The molecule has 0 radical (unpaired) electrons. The second kappa shape index (κ2) is 6.88. The molecule has 3 aromatic rings. The van der Waals surface area contributed by atoms with Crippen LogP contribution in [0.2, 0.25) is 0 Å². The van der Waals surface area contributed by atoms with Crippen molar-refractivity contribution in [2.45, 2.75) is 19.9 Å². The van der Waals surface area contributed by atoms with E-state index in [9.17, 15) is 13.6 Å². The predicted molar refractivity (Wildman–Crippen MR) is 87.2 cm³/mol. The number of hydrogen-bond donors (Lipinski definition) is 1. The highest BCUT2D eigenvalue weighted by atomic mass is 19.2. The Morgan fingerprint density at radius 3 is 2.64 bits per heavy atom. The van der Waals surface area contributed by atoms with Crippen LogP contribution >= 0.6 is 0 Å². The van der Waals surface area contributed by atoms with Crippen molar-refractivity contribution in [3.8, 4) is 0 Å². The highest BCUT2D eigenvalue weighted by Crippen LogP contribution is 2.20. The first kappa shape index (κ1) is 16.9. The smallest absolute Gasteiger partial charge is 0.251 e. The van der Waals surface area contributed by atoms with Crippen molar-refractivity contribution in [2.24, 2.45) is 0 Å². The summed E-state index contributed by atoms with van der Waals surface area (Å²) in [6, 6.07) is 8.16. The van der Waals surface area contributed by atoms with Crippen molar-refractivity contribution in [3.05, 3.63) is 77.0 Å². The summed E-state index contributed by atoms with van der Waals surface area (Å²) in [6.45, 7) is 3.98. The van der Waals surface area contributed by atoms with Gasteiger partial charge in [-0.1, -0.05) is 0 Å². The Labute approximate surface area is 143 Å². The third kappa shape index (κ3) is 3.60. The van der Waals surface area contributed by atoms with Gasteiger partial charge >= 0.3 is 0 Å². The number of benzene rings is 1. The Hall–Kier alpha value is -2.96. The molecule has 3 rings (SSSR count). The van der Waals surface area contributed by atoms with Crippen LogP contribution in [0, 0.1) is 25.5 Å². The molecule has 7 heteroatoms. The van der Waals surface area contributed by atoms with Crippen LogP contribution in [0.3, 0.4) is 0 Å². The van der Waals surface area contributed by atoms with Crippen LogP contribution in [-0.2, 0) is 0 Å². The number of aromatic nitrogens is 2. The third-order valence-corrected chi connectivity index (χ3v) is 3.85. The zero-order valence-corrected chi connectivity index (χ0v) is 13.8. The first-order valence-electron chi connectivity index (χ1n) is 7.75. The van der Waals surface area contributed by atoms with Gasteiger partial charge in [-0.25, -0.2) is 8.78 Å². The van der Waals surface area contributed by atoms with Gasteiger partial charge in [-0.05, 0) is 50.2 Å². The summed E-state index contributed by atoms with van der Waals surface area (Å²) in [4.78, 5) is 12.2. The lowest BCUT2D eigenvalue weighted by molar-refractivity contribution is 0.0947. The monoisotopic (exact) mass is 345 g/mol. The lowest BCUT2D eigenvalue weighted by atomic mass is 10.1. The maximum atomic E-state index is 13.3. The maximum Gasteiger partial charge on any atom is 0.251 e. The number of hydrogen-bond acceptors (Lipinski definition) is 3. The van der Waals surface area contributed by atoms with Gasteiger partial charge in [0.1, 0.15) is 11.8 Å². The van der Waals surface area contributed by atoms with E-state index < -0.39 is 17.5 Å². The van der Waals surface area contributed by atoms with E-state index in [2.05, 4.69) is 10.4 Å². The Balaban J connectivity index is 1.80. The summed E-state index contributed by atoms with van der Waals surface area (Å²) in [7, 11) is 0. The van der Waals surface area contributed by atoms with E-state index in [0.29, 0.717) is 5.76 Å². The predicted octanol–water partition coefficient (Wildman–Crippen LogP) is 3.39. The Bertz CT molecular complexity index is 888. The van der Waals surface area contributed by atoms with Crippen molar-refractivity contribution < 1.29 is 18.0 Å². The quantitative estimate of drug-likeness (QED) is 0.771. The van der Waals surface area contributed by atoms with Gasteiger partial charge in [0.25, 0.3) is 5.91 Å². The first-order chi connectivity index (χ1) is 12.0. The van der Waals surface area contributed by atoms with Gasteiger partial charge in [-0.15, -0.1) is 0 Å². The molecule has 25 heavy (non-hydrogen) atoms. The molecule has 0 aliphatic heterocycles. The molecule has 1 aromatic carbocycles. The molecular weight excluding hydrogens is 328 g/mol. The largest absolute Gasteiger partial charge is 0.467 e. The average molecular weight is 345 g/mol. The molecule has 2 aromatic heterocycles. The molecule has 1 atom stereocenters. The van der Waals surface area contributed by atoms with Gasteiger partial charge in [-0.3, -0.25) is 9.48 Å². The minimum Gasteiger partial charge on any atom is -0.467 e. The highest BCUT2D eigenvalue weighted by molar-refractivity contribution is 5.94. The maximum absolute atomic E-state index is 13.3. The summed E-state index contributed by atoms with van der Waals surface area (Å²) >= 11 is 0. The molecule has 1 amide bonds. The van der Waals surface area contributed by atoms with Crippen molar-refractivity contribution in [2.75, 3.05) is 6.54 Å². The average Bonchev–Trinajstić information content (AvgIpc) is 3.20. The van der Waals surface area contributed by atoms with Gasteiger partial charge in [0.2, 0.25) is 0 Å². The topological polar surface area (TPSA) is 60.1 Å². The number of halogens is 2. The summed E-state index contributed by atoms with van der Waals surface area (Å²) < 4.78 is 33.5. The van der Waals surface area contributed by atoms with E-state index in [1.165, 1.54) is 6.07 Å². The van der Waals surface area contributed by atoms with Crippen LogP contribution in [0.25, 0.3) is 0 Å². The second-order valence-electron chi connectivity index (χ2n) is 5.74. The molecule has 1 N–H and O–H groups in total. The number of carbonyl (C=O) groups is 1. The molecule has 0 fully saturated rings. The molecule has 0 aliphatic carbocycles. The van der Waals surface area contributed by atoms with Gasteiger partial charge in [0, 0.05) is 17.8 Å². The molecule has 0 saturated carbocycles. The fourth-order valence-electron chi connectivity index (χ4n) is 2.68. The van der Waals surface area contributed by atoms with Crippen molar-refractivity contribution in [1.29, 1.82) is 0 Å². The number of aryl methyl sites for hydroxylation is 2. The molecule has 2 heterocycles. The van der Waals surface area contributed by atoms with Gasteiger partial charge < -0.3 is 9.73 Å². The lowest BCUT2D eigenvalue weighted by Gasteiger charge is -2.18. The SMILES string of the molecule is Cc1cc(C)n([C@@H](CNC(=O)c2ccc(F)c(F)c2)c2ccco2)n1. The molecule has 0 aliphatic rings. The van der Waals surface area contributed by atoms with Gasteiger partial charge in [0.05, 0.1) is 12.0 Å². The van der Waals surface area contributed by atoms with E-state index in [1.807, 2.05) is 19.9 Å². The van der Waals surface area contributed by atoms with Crippen LogP contribution in [0.15, 0.2) is 47.1 Å². The fourth-order valence-corrected chi connectivity index (χ4v) is 2.68. The zero-order chi connectivity index (χ0) is 18.0. The number of amides is 1. The molecule has 0 spiro atoms. The van der Waals surface area contributed by atoms with E-state index in [0.717, 1.165) is 23.5 Å². The number of rotatable bonds is 5. The fraction of sp³-hybridized carbons (Fsp3) is 0.222. The molecule has 0 bridgehead atoms. The molecule has 5 nitrogen and oxygen atoms in total. The van der Waals surface area contributed by atoms with E-state index >= 15 is 0 Å². The van der Waals surface area contributed by atoms with E-state index in [4.69, 9.17) is 4.42 Å². The number of carbonyl (C=O) groups excluding carboxylic acids is 1. The minimum atomic E-state index is -1.06. The van der Waals surface area contributed by atoms with E-state index in [1.54, 1.807) is 23.1 Å². The molecule has 0 saturated heterocycles. The Morgan fingerprint density at radius 1 is 1.24 bits per heavy atom. The van der Waals surface area contributed by atoms with Crippen LogP contribution in [0.5, 0.6) is 0 Å². The Morgan fingerprint density at radius 2 is 2.04 bits per heavy atom. The summed E-state index contributed by atoms with van der Waals surface area (Å²) in [5, 5.41) is 7.16. The van der Waals surface area contributed by atoms with Gasteiger partial charge in [-0.2, -0.15) is 5.10 Å². The lowest BCUT2D eigenvalue weighted by Crippen LogP contribution is -2.32. The number of furan rings is 1. The first-order valence-corrected chi connectivity index (χ1v) is 7.75. The second-order valence-corrected chi connectivity index (χ2v) is 5.74. The molecule has 0 unspecified atom stereocenters. The standard InChI is InChI=1S/C18H17F2N3O2/c1-11-8-12(2)23(22-11)16(17-4-3-7-25-17)10-21-18(24)13-5-6-14(19)15(20)9-13/h3-9,16H,10H2,1-2H3,(H,21,24)/t16-/m0/s1. The molecule has 130 valence electrons. The van der Waals surface area contributed by atoms with E-state index in [-0.39, 0.29) is 18.2 Å². The summed E-state index contributed by atoms with van der Waals surface area (Å²) in [5.41, 5.74) is 1.81. The highest BCUT2D eigenvalue weighted by Gasteiger charge is 2.21. The van der Waals surface area contributed by atoms with Crippen molar-refractivity contribution in [1.82, 2.24) is 15.1 Å². The third-order valence-electron chi connectivity index (χ3n) is 3.85. The number of nitrogens with zero attached hydrogens (tertiary/aromatic N) is 2.